The molecule has 20 heavy (non-hydrogen) atoms. The van der Waals surface area contributed by atoms with E-state index in [4.69, 9.17) is 26.8 Å². The third-order valence-corrected chi connectivity index (χ3v) is 4.02. The van der Waals surface area contributed by atoms with E-state index in [1.165, 1.54) is 6.20 Å². The normalized spacial score (nSPS) is 21.4. The third kappa shape index (κ3) is 2.46. The van der Waals surface area contributed by atoms with E-state index in [1.54, 1.807) is 6.07 Å². The number of halogens is 1. The molecule has 1 spiro atoms. The molecule has 2 aliphatic rings. The predicted molar refractivity (Wildman–Crippen MR) is 73.8 cm³/mol. The van der Waals surface area contributed by atoms with Crippen LogP contribution in [0, 0.1) is 0 Å². The van der Waals surface area contributed by atoms with Gasteiger partial charge < -0.3 is 20.1 Å². The van der Waals surface area contributed by atoms with Crippen LogP contribution in [0.25, 0.3) is 0 Å². The molecule has 2 N–H and O–H groups in total. The van der Waals surface area contributed by atoms with Crippen molar-refractivity contribution in [2.75, 3.05) is 31.2 Å². The second-order valence-corrected chi connectivity index (χ2v) is 5.40. The molecule has 0 aromatic carbocycles. The van der Waals surface area contributed by atoms with Crippen LogP contribution in [0.1, 0.15) is 23.2 Å². The molecule has 2 aliphatic heterocycles. The van der Waals surface area contributed by atoms with E-state index in [2.05, 4.69) is 9.88 Å². The minimum atomic E-state index is -0.531. The van der Waals surface area contributed by atoms with Crippen molar-refractivity contribution < 1.29 is 14.3 Å². The molecule has 2 saturated heterocycles. The Morgan fingerprint density at radius 1 is 1.35 bits per heavy atom. The first-order valence-corrected chi connectivity index (χ1v) is 6.96. The molecule has 0 radical (unpaired) electrons. The standard InChI is InChI=1S/C13H16ClN3O3/c14-10-7-9(11(15)18)8-16-12(10)17-3-1-13(2-4-17)19-5-6-20-13/h7-8H,1-6H2,(H2,15,18). The van der Waals surface area contributed by atoms with Gasteiger partial charge in [-0.25, -0.2) is 4.98 Å². The maximum atomic E-state index is 11.1. The highest BCUT2D eigenvalue weighted by Gasteiger charge is 2.40. The van der Waals surface area contributed by atoms with Gasteiger partial charge >= 0.3 is 0 Å². The van der Waals surface area contributed by atoms with E-state index in [1.807, 2.05) is 0 Å². The molecule has 1 aromatic rings. The van der Waals surface area contributed by atoms with Gasteiger partial charge in [-0.1, -0.05) is 11.6 Å². The van der Waals surface area contributed by atoms with Gasteiger partial charge in [-0.05, 0) is 6.07 Å². The summed E-state index contributed by atoms with van der Waals surface area (Å²) in [6.45, 7) is 2.82. The van der Waals surface area contributed by atoms with Crippen LogP contribution in [-0.4, -0.2) is 43.0 Å². The zero-order chi connectivity index (χ0) is 14.2. The number of amides is 1. The van der Waals surface area contributed by atoms with Crippen LogP contribution in [0.3, 0.4) is 0 Å². The molecule has 0 unspecified atom stereocenters. The number of primary amides is 1. The lowest BCUT2D eigenvalue weighted by molar-refractivity contribution is -0.169. The van der Waals surface area contributed by atoms with Gasteiger partial charge in [0.1, 0.15) is 5.82 Å². The van der Waals surface area contributed by atoms with E-state index < -0.39 is 11.7 Å². The molecule has 0 bridgehead atoms. The maximum Gasteiger partial charge on any atom is 0.250 e. The molecule has 3 rings (SSSR count). The minimum absolute atomic E-state index is 0.315. The first-order valence-electron chi connectivity index (χ1n) is 6.58. The van der Waals surface area contributed by atoms with Crippen LogP contribution in [0.5, 0.6) is 0 Å². The summed E-state index contributed by atoms with van der Waals surface area (Å²) in [6, 6.07) is 1.55. The molecular formula is C13H16ClN3O3. The number of nitrogens with two attached hydrogens (primary N) is 1. The molecule has 0 saturated carbocycles. The van der Waals surface area contributed by atoms with Gasteiger partial charge in [0.15, 0.2) is 5.79 Å². The van der Waals surface area contributed by atoms with E-state index in [9.17, 15) is 4.79 Å². The van der Waals surface area contributed by atoms with Crippen LogP contribution in [0.2, 0.25) is 5.02 Å². The van der Waals surface area contributed by atoms with Crippen LogP contribution < -0.4 is 10.6 Å². The molecule has 2 fully saturated rings. The van der Waals surface area contributed by atoms with Crippen LogP contribution in [-0.2, 0) is 9.47 Å². The van der Waals surface area contributed by atoms with Crippen molar-refractivity contribution >= 4 is 23.3 Å². The van der Waals surface area contributed by atoms with Gasteiger partial charge in [0, 0.05) is 32.1 Å². The van der Waals surface area contributed by atoms with Gasteiger partial charge in [-0.3, -0.25) is 4.79 Å². The number of hydrogen-bond donors (Lipinski definition) is 1. The lowest BCUT2D eigenvalue weighted by atomic mass is 10.0. The van der Waals surface area contributed by atoms with Crippen molar-refractivity contribution in [3.63, 3.8) is 0 Å². The lowest BCUT2D eigenvalue weighted by Crippen LogP contribution is -2.45. The largest absolute Gasteiger partial charge is 0.366 e. The highest BCUT2D eigenvalue weighted by atomic mass is 35.5. The Bertz CT molecular complexity index is 522. The van der Waals surface area contributed by atoms with Crippen molar-refractivity contribution in [3.8, 4) is 0 Å². The summed E-state index contributed by atoms with van der Waals surface area (Å²) < 4.78 is 11.4. The summed E-state index contributed by atoms with van der Waals surface area (Å²) in [5, 5.41) is 0.436. The Kier molecular flexibility index (Phi) is 3.54. The van der Waals surface area contributed by atoms with Gasteiger partial charge in [0.25, 0.3) is 0 Å². The summed E-state index contributed by atoms with van der Waals surface area (Å²) in [4.78, 5) is 17.4. The smallest absolute Gasteiger partial charge is 0.250 e. The first kappa shape index (κ1) is 13.6. The quantitative estimate of drug-likeness (QED) is 0.887. The van der Waals surface area contributed by atoms with Gasteiger partial charge in [0.05, 0.1) is 23.8 Å². The molecule has 6 nitrogen and oxygen atoms in total. The topological polar surface area (TPSA) is 77.7 Å². The van der Waals surface area contributed by atoms with E-state index >= 15 is 0 Å². The lowest BCUT2D eigenvalue weighted by Gasteiger charge is -2.38. The number of carbonyl (C=O) groups excluding carboxylic acids is 1. The second kappa shape index (κ2) is 5.20. The minimum Gasteiger partial charge on any atom is -0.366 e. The van der Waals surface area contributed by atoms with Crippen LogP contribution in [0.15, 0.2) is 12.3 Å². The SMILES string of the molecule is NC(=O)c1cnc(N2CCC3(CC2)OCCO3)c(Cl)c1. The predicted octanol–water partition coefficient (Wildman–Crippen LogP) is 1.18. The fourth-order valence-electron chi connectivity index (χ4n) is 2.64. The summed E-state index contributed by atoms with van der Waals surface area (Å²) >= 11 is 6.18. The van der Waals surface area contributed by atoms with Crippen LogP contribution in [0.4, 0.5) is 5.82 Å². The molecule has 1 aromatic heterocycles. The van der Waals surface area contributed by atoms with Crippen molar-refractivity contribution in [3.05, 3.63) is 22.8 Å². The summed E-state index contributed by atoms with van der Waals surface area (Å²) in [5.74, 6) is -0.281. The van der Waals surface area contributed by atoms with Crippen molar-refractivity contribution in [1.29, 1.82) is 0 Å². The number of nitrogens with zero attached hydrogens (tertiary/aromatic N) is 2. The fraction of sp³-hybridized carbons (Fsp3) is 0.538. The van der Waals surface area contributed by atoms with Crippen LogP contribution >= 0.6 is 11.6 Å². The number of hydrogen-bond acceptors (Lipinski definition) is 5. The third-order valence-electron chi connectivity index (χ3n) is 3.74. The number of carbonyl (C=O) groups is 1. The molecule has 108 valence electrons. The Morgan fingerprint density at radius 3 is 2.55 bits per heavy atom. The Labute approximate surface area is 121 Å². The first-order chi connectivity index (χ1) is 9.60. The zero-order valence-corrected chi connectivity index (χ0v) is 11.7. The summed E-state index contributed by atoms with van der Waals surface area (Å²) in [7, 11) is 0. The van der Waals surface area contributed by atoms with E-state index in [0.29, 0.717) is 29.6 Å². The number of pyridine rings is 1. The summed E-state index contributed by atoms with van der Waals surface area (Å²) in [6.07, 6.45) is 3.02. The van der Waals surface area contributed by atoms with Crippen molar-refractivity contribution in [1.82, 2.24) is 4.98 Å². The highest BCUT2D eigenvalue weighted by Crippen LogP contribution is 2.34. The number of rotatable bonds is 2. The molecule has 0 aliphatic carbocycles. The average molecular weight is 298 g/mol. The monoisotopic (exact) mass is 297 g/mol. The number of ether oxygens (including phenoxy) is 2. The Morgan fingerprint density at radius 2 is 2.00 bits per heavy atom. The molecule has 1 amide bonds. The highest BCUT2D eigenvalue weighted by molar-refractivity contribution is 6.33. The fourth-order valence-corrected chi connectivity index (χ4v) is 2.93. The number of aromatic nitrogens is 1. The number of anilines is 1. The summed E-state index contributed by atoms with van der Waals surface area (Å²) in [5.41, 5.74) is 5.52. The molecule has 3 heterocycles. The molecular weight excluding hydrogens is 282 g/mol. The van der Waals surface area contributed by atoms with Gasteiger partial charge in [-0.2, -0.15) is 0 Å². The van der Waals surface area contributed by atoms with Gasteiger partial charge in [0.2, 0.25) is 5.91 Å². The maximum absolute atomic E-state index is 11.1. The van der Waals surface area contributed by atoms with Crippen molar-refractivity contribution in [2.24, 2.45) is 5.73 Å². The molecule has 7 heteroatoms. The molecule has 0 atom stereocenters. The zero-order valence-electron chi connectivity index (χ0n) is 11.0. The van der Waals surface area contributed by atoms with E-state index in [0.717, 1.165) is 25.9 Å². The Balaban J connectivity index is 1.73. The van der Waals surface area contributed by atoms with E-state index in [-0.39, 0.29) is 0 Å². The second-order valence-electron chi connectivity index (χ2n) is 4.99. The average Bonchev–Trinajstić information content (AvgIpc) is 2.88. The Hall–Kier alpha value is -1.37. The van der Waals surface area contributed by atoms with Crippen molar-refractivity contribution in [2.45, 2.75) is 18.6 Å². The number of piperidine rings is 1. The van der Waals surface area contributed by atoms with Gasteiger partial charge in [-0.15, -0.1) is 0 Å².